The molecule has 0 saturated carbocycles. The average molecular weight is 469 g/mol. The summed E-state index contributed by atoms with van der Waals surface area (Å²) in [6, 6.07) is 19.1. The van der Waals surface area contributed by atoms with E-state index in [1.54, 1.807) is 30.3 Å². The molecule has 0 heterocycles. The second-order valence-corrected chi connectivity index (χ2v) is 8.80. The number of carboxylic acid groups (broad SMARTS) is 2. The fourth-order valence-electron chi connectivity index (χ4n) is 3.02. The maximum absolute atomic E-state index is 14.3. The molecule has 3 aromatic carbocycles. The number of carbonyl (C=O) groups excluding carboxylic acids is 1. The number of rotatable bonds is 9. The molecule has 3 rings (SSSR count). The Balaban J connectivity index is 2.19. The van der Waals surface area contributed by atoms with Crippen molar-refractivity contribution in [2.24, 2.45) is 0 Å². The number of benzene rings is 3. The van der Waals surface area contributed by atoms with Crippen molar-refractivity contribution in [2.75, 3.05) is 0 Å². The number of nitrogens with one attached hydrogen (secondary N) is 1. The molecule has 0 fully saturated rings. The molecule has 1 atom stereocenters. The molecule has 33 heavy (non-hydrogen) atoms. The average Bonchev–Trinajstić information content (AvgIpc) is 2.78. The van der Waals surface area contributed by atoms with E-state index in [0.717, 1.165) is 0 Å². The third-order valence-corrected chi connectivity index (χ3v) is 6.42. The predicted octanol–water partition coefficient (Wildman–Crippen LogP) is 4.57. The van der Waals surface area contributed by atoms with Gasteiger partial charge in [0.2, 0.25) is 5.91 Å². The van der Waals surface area contributed by atoms with Gasteiger partial charge >= 0.3 is 19.5 Å². The van der Waals surface area contributed by atoms with E-state index in [1.165, 1.54) is 55.5 Å². The Kier molecular flexibility index (Phi) is 7.15. The molecule has 3 aromatic rings. The summed E-state index contributed by atoms with van der Waals surface area (Å²) in [5.41, 5.74) is -0.235. The second-order valence-electron chi connectivity index (χ2n) is 6.84. The first-order chi connectivity index (χ1) is 15.7. The summed E-state index contributed by atoms with van der Waals surface area (Å²) in [4.78, 5) is 35.3. The lowest BCUT2D eigenvalue weighted by Gasteiger charge is -2.29. The molecule has 170 valence electrons. The van der Waals surface area contributed by atoms with Crippen LogP contribution in [-0.2, 0) is 9.36 Å². The first-order valence-corrected chi connectivity index (χ1v) is 11.3. The second kappa shape index (κ2) is 10.0. The maximum Gasteiger partial charge on any atom is 0.457 e. The molecular weight excluding hydrogens is 449 g/mol. The van der Waals surface area contributed by atoms with Crippen LogP contribution < -0.4 is 14.4 Å². The first kappa shape index (κ1) is 23.6. The minimum atomic E-state index is -4.54. The minimum Gasteiger partial charge on any atom is -0.478 e. The Morgan fingerprint density at radius 1 is 0.758 bits per heavy atom. The highest BCUT2D eigenvalue weighted by molar-refractivity contribution is 7.55. The lowest BCUT2D eigenvalue weighted by atomic mass is 10.2. The van der Waals surface area contributed by atoms with Crippen molar-refractivity contribution < 1.29 is 38.2 Å². The number of para-hydroxylation sites is 2. The van der Waals surface area contributed by atoms with Crippen LogP contribution >= 0.6 is 7.60 Å². The van der Waals surface area contributed by atoms with Crippen LogP contribution in [0.4, 0.5) is 0 Å². The monoisotopic (exact) mass is 469 g/mol. The Morgan fingerprint density at radius 3 is 1.61 bits per heavy atom. The van der Waals surface area contributed by atoms with Crippen molar-refractivity contribution in [3.63, 3.8) is 0 Å². The number of hydrogen-bond donors (Lipinski definition) is 3. The first-order valence-electron chi connectivity index (χ1n) is 9.67. The molecule has 0 spiro atoms. The topological polar surface area (TPSA) is 139 Å². The summed E-state index contributed by atoms with van der Waals surface area (Å²) in [6.45, 7) is 1.21. The SMILES string of the molecule is CC(=O)NC(c1ccccc1)P(=O)(Oc1ccccc1C(=O)O)Oc1ccccc1C(=O)O. The lowest BCUT2D eigenvalue weighted by molar-refractivity contribution is -0.119. The molecule has 0 bridgehead atoms. The highest BCUT2D eigenvalue weighted by atomic mass is 31.2. The van der Waals surface area contributed by atoms with Crippen LogP contribution in [0.1, 0.15) is 39.0 Å². The zero-order valence-electron chi connectivity index (χ0n) is 17.4. The largest absolute Gasteiger partial charge is 0.478 e. The highest BCUT2D eigenvalue weighted by Crippen LogP contribution is 2.59. The lowest BCUT2D eigenvalue weighted by Crippen LogP contribution is -2.29. The number of aromatic carboxylic acids is 2. The summed E-state index contributed by atoms with van der Waals surface area (Å²) < 4.78 is 25.7. The maximum atomic E-state index is 14.3. The van der Waals surface area contributed by atoms with Gasteiger partial charge in [0, 0.05) is 6.92 Å². The zero-order valence-corrected chi connectivity index (χ0v) is 18.3. The smallest absolute Gasteiger partial charge is 0.457 e. The van der Waals surface area contributed by atoms with Gasteiger partial charge in [0.15, 0.2) is 5.78 Å². The van der Waals surface area contributed by atoms with Crippen molar-refractivity contribution >= 4 is 25.4 Å². The number of carboxylic acids is 2. The van der Waals surface area contributed by atoms with E-state index in [1.807, 2.05) is 0 Å². The summed E-state index contributed by atoms with van der Waals surface area (Å²) >= 11 is 0. The van der Waals surface area contributed by atoms with E-state index in [2.05, 4.69) is 5.32 Å². The summed E-state index contributed by atoms with van der Waals surface area (Å²) in [7, 11) is -4.54. The molecule has 9 nitrogen and oxygen atoms in total. The van der Waals surface area contributed by atoms with E-state index in [4.69, 9.17) is 9.05 Å². The van der Waals surface area contributed by atoms with Crippen molar-refractivity contribution in [1.29, 1.82) is 0 Å². The predicted molar refractivity (Wildman–Crippen MR) is 119 cm³/mol. The molecule has 10 heteroatoms. The molecule has 0 aliphatic rings. The van der Waals surface area contributed by atoms with Gasteiger partial charge in [0.1, 0.15) is 22.6 Å². The number of hydrogen-bond acceptors (Lipinski definition) is 6. The summed E-state index contributed by atoms with van der Waals surface area (Å²) in [6.07, 6.45) is 0. The van der Waals surface area contributed by atoms with Gasteiger partial charge in [0.05, 0.1) is 0 Å². The Hall–Kier alpha value is -4.10. The van der Waals surface area contributed by atoms with E-state index in [0.29, 0.717) is 5.56 Å². The number of amides is 1. The highest BCUT2D eigenvalue weighted by Gasteiger charge is 2.43. The van der Waals surface area contributed by atoms with Crippen LogP contribution in [0.3, 0.4) is 0 Å². The van der Waals surface area contributed by atoms with Gasteiger partial charge < -0.3 is 24.6 Å². The van der Waals surface area contributed by atoms with Crippen LogP contribution in [0.2, 0.25) is 0 Å². The number of carbonyl (C=O) groups is 3. The van der Waals surface area contributed by atoms with Crippen molar-refractivity contribution in [2.45, 2.75) is 12.7 Å². The molecule has 0 aliphatic carbocycles. The van der Waals surface area contributed by atoms with Crippen molar-refractivity contribution in [3.8, 4) is 11.5 Å². The normalized spacial score (nSPS) is 11.8. The summed E-state index contributed by atoms with van der Waals surface area (Å²) in [5, 5.41) is 21.6. The molecule has 0 saturated heterocycles. The van der Waals surface area contributed by atoms with Gasteiger partial charge in [-0.15, -0.1) is 0 Å². The van der Waals surface area contributed by atoms with Gasteiger partial charge in [0.25, 0.3) is 0 Å². The standard InChI is InChI=1S/C23H20NO8P/c1-15(25)24-21(16-9-3-2-4-10-16)33(30,31-19-13-7-5-11-17(19)22(26)27)32-20-14-8-6-12-18(20)23(28)29/h2-14,21H,1H3,(H,24,25)(H,26,27)(H,28,29). The molecule has 0 aromatic heterocycles. The van der Waals surface area contributed by atoms with Crippen LogP contribution in [0.5, 0.6) is 11.5 Å². The van der Waals surface area contributed by atoms with Crippen LogP contribution in [0.25, 0.3) is 0 Å². The Morgan fingerprint density at radius 2 is 1.18 bits per heavy atom. The quantitative estimate of drug-likeness (QED) is 0.387. The zero-order chi connectivity index (χ0) is 24.0. The van der Waals surface area contributed by atoms with Gasteiger partial charge in [-0.25, -0.2) is 14.2 Å². The molecule has 1 amide bonds. The van der Waals surface area contributed by atoms with Gasteiger partial charge in [-0.05, 0) is 29.8 Å². The molecule has 0 aliphatic heterocycles. The summed E-state index contributed by atoms with van der Waals surface area (Å²) in [5.74, 6) is -5.15. The van der Waals surface area contributed by atoms with E-state index >= 15 is 0 Å². The van der Waals surface area contributed by atoms with E-state index in [9.17, 15) is 29.2 Å². The minimum absolute atomic E-state index is 0.271. The van der Waals surface area contributed by atoms with Gasteiger partial charge in [-0.3, -0.25) is 4.79 Å². The Bertz CT molecular complexity index is 1160. The fourth-order valence-corrected chi connectivity index (χ4v) is 5.01. The molecule has 3 N–H and O–H groups in total. The van der Waals surface area contributed by atoms with Crippen LogP contribution in [0.15, 0.2) is 78.9 Å². The molecule has 1 unspecified atom stereocenters. The Labute approximate surface area is 189 Å². The van der Waals surface area contributed by atoms with Crippen molar-refractivity contribution in [3.05, 3.63) is 95.6 Å². The van der Waals surface area contributed by atoms with E-state index < -0.39 is 31.2 Å². The van der Waals surface area contributed by atoms with Gasteiger partial charge in [-0.1, -0.05) is 54.6 Å². The third kappa shape index (κ3) is 5.58. The fraction of sp³-hybridized carbons (Fsp3) is 0.0870. The third-order valence-electron chi connectivity index (χ3n) is 4.46. The molecular formula is C23H20NO8P. The molecule has 0 radical (unpaired) electrons. The van der Waals surface area contributed by atoms with Crippen molar-refractivity contribution in [1.82, 2.24) is 5.32 Å². The van der Waals surface area contributed by atoms with Crippen LogP contribution in [0, 0.1) is 0 Å². The van der Waals surface area contributed by atoms with E-state index in [-0.39, 0.29) is 22.6 Å². The van der Waals surface area contributed by atoms with Gasteiger partial charge in [-0.2, -0.15) is 0 Å². The van der Waals surface area contributed by atoms with Crippen LogP contribution in [-0.4, -0.2) is 28.1 Å².